The fourth-order valence-electron chi connectivity index (χ4n) is 2.94. The van der Waals surface area contributed by atoms with E-state index in [9.17, 15) is 9.90 Å². The van der Waals surface area contributed by atoms with E-state index >= 15 is 0 Å². The molecule has 1 aromatic rings. The minimum Gasteiger partial charge on any atom is -0.493 e. The minimum absolute atomic E-state index is 0.213. The minimum atomic E-state index is -1.30. The van der Waals surface area contributed by atoms with E-state index in [4.69, 9.17) is 14.3 Å². The highest BCUT2D eigenvalue weighted by molar-refractivity contribution is 6.04. The second-order valence-corrected chi connectivity index (χ2v) is 6.23. The molecular formula is C17H21NO5. The Morgan fingerprint density at radius 3 is 2.70 bits per heavy atom. The molecule has 1 N–H and O–H groups in total. The number of hydrogen-bond donors (Lipinski definition) is 1. The van der Waals surface area contributed by atoms with Crippen molar-refractivity contribution in [3.05, 3.63) is 23.8 Å². The van der Waals surface area contributed by atoms with Crippen LogP contribution >= 0.6 is 0 Å². The molecule has 6 nitrogen and oxygen atoms in total. The van der Waals surface area contributed by atoms with Gasteiger partial charge in [0.05, 0.1) is 18.9 Å². The molecule has 0 amide bonds. The summed E-state index contributed by atoms with van der Waals surface area (Å²) in [5, 5.41) is 13.2. The summed E-state index contributed by atoms with van der Waals surface area (Å²) < 4.78 is 11.4. The molecule has 1 heterocycles. The van der Waals surface area contributed by atoms with Crippen LogP contribution in [0.3, 0.4) is 0 Å². The summed E-state index contributed by atoms with van der Waals surface area (Å²) in [6.45, 7) is 1.52. The highest BCUT2D eigenvalue weighted by atomic mass is 16.7. The first kappa shape index (κ1) is 15.6. The average molecular weight is 319 g/mol. The molecule has 0 saturated heterocycles. The largest absolute Gasteiger partial charge is 0.493 e. The Morgan fingerprint density at radius 1 is 1.35 bits per heavy atom. The monoisotopic (exact) mass is 319 g/mol. The van der Waals surface area contributed by atoms with Crippen molar-refractivity contribution < 1.29 is 24.2 Å². The number of benzene rings is 1. The number of carboxylic acid groups (broad SMARTS) is 1. The molecule has 1 aliphatic heterocycles. The second-order valence-electron chi connectivity index (χ2n) is 6.23. The number of oxime groups is 1. The molecule has 1 saturated carbocycles. The molecule has 6 heteroatoms. The molecule has 1 atom stereocenters. The highest BCUT2D eigenvalue weighted by Crippen LogP contribution is 2.34. The van der Waals surface area contributed by atoms with E-state index < -0.39 is 11.6 Å². The third-order valence-electron chi connectivity index (χ3n) is 4.41. The Labute approximate surface area is 135 Å². The Morgan fingerprint density at radius 2 is 2.09 bits per heavy atom. The fraction of sp³-hybridized carbons (Fsp3) is 0.529. The van der Waals surface area contributed by atoms with Gasteiger partial charge in [-0.3, -0.25) is 0 Å². The molecule has 2 aliphatic rings. The highest BCUT2D eigenvalue weighted by Gasteiger charge is 2.42. The van der Waals surface area contributed by atoms with Gasteiger partial charge in [0.2, 0.25) is 5.60 Å². The lowest BCUT2D eigenvalue weighted by Gasteiger charge is -2.17. The first-order valence-corrected chi connectivity index (χ1v) is 7.85. The van der Waals surface area contributed by atoms with Crippen LogP contribution in [0.25, 0.3) is 0 Å². The number of carboxylic acids is 1. The van der Waals surface area contributed by atoms with Gasteiger partial charge in [-0.05, 0) is 50.8 Å². The molecule has 0 radical (unpaired) electrons. The van der Waals surface area contributed by atoms with Crippen LogP contribution in [0.5, 0.6) is 11.5 Å². The van der Waals surface area contributed by atoms with Gasteiger partial charge in [-0.25, -0.2) is 4.79 Å². The van der Waals surface area contributed by atoms with Crippen LogP contribution in [-0.4, -0.2) is 35.6 Å². The van der Waals surface area contributed by atoms with E-state index in [0.717, 1.165) is 18.4 Å². The van der Waals surface area contributed by atoms with Crippen molar-refractivity contribution in [1.29, 1.82) is 0 Å². The maximum atomic E-state index is 11.3. The van der Waals surface area contributed by atoms with Crippen LogP contribution in [-0.2, 0) is 9.63 Å². The van der Waals surface area contributed by atoms with Crippen molar-refractivity contribution in [2.24, 2.45) is 5.16 Å². The SMILES string of the molecule is COc1ccc(C2=NOC(C)(C(=O)O)C2)cc1OC1CCCC1. The van der Waals surface area contributed by atoms with Crippen LogP contribution in [0.4, 0.5) is 0 Å². The average Bonchev–Trinajstić information content (AvgIpc) is 3.18. The third-order valence-corrected chi connectivity index (χ3v) is 4.41. The number of aliphatic carboxylic acids is 1. The zero-order valence-electron chi connectivity index (χ0n) is 13.4. The standard InChI is InChI=1S/C17H21NO5/c1-17(16(19)20)10-13(18-23-17)11-7-8-14(21-2)15(9-11)22-12-5-3-4-6-12/h7-9,12H,3-6,10H2,1-2H3,(H,19,20). The molecule has 1 fully saturated rings. The van der Waals surface area contributed by atoms with E-state index in [1.54, 1.807) is 7.11 Å². The molecule has 23 heavy (non-hydrogen) atoms. The normalized spacial score (nSPS) is 24.2. The van der Waals surface area contributed by atoms with Crippen molar-refractivity contribution in [1.82, 2.24) is 0 Å². The van der Waals surface area contributed by atoms with Crippen LogP contribution < -0.4 is 9.47 Å². The van der Waals surface area contributed by atoms with E-state index in [0.29, 0.717) is 17.2 Å². The number of rotatable bonds is 5. The van der Waals surface area contributed by atoms with Crippen molar-refractivity contribution >= 4 is 11.7 Å². The summed E-state index contributed by atoms with van der Waals surface area (Å²) in [4.78, 5) is 16.4. The maximum Gasteiger partial charge on any atom is 0.351 e. The molecular weight excluding hydrogens is 298 g/mol. The summed E-state index contributed by atoms with van der Waals surface area (Å²) in [6.07, 6.45) is 4.90. The van der Waals surface area contributed by atoms with E-state index in [1.807, 2.05) is 18.2 Å². The lowest BCUT2D eigenvalue weighted by molar-refractivity contribution is -0.160. The maximum absolute atomic E-state index is 11.3. The summed E-state index contributed by atoms with van der Waals surface area (Å²) in [5.74, 6) is 0.317. The first-order valence-electron chi connectivity index (χ1n) is 7.85. The summed E-state index contributed by atoms with van der Waals surface area (Å²) >= 11 is 0. The van der Waals surface area contributed by atoms with Gasteiger partial charge in [0.1, 0.15) is 0 Å². The quantitative estimate of drug-likeness (QED) is 0.903. The van der Waals surface area contributed by atoms with E-state index in [2.05, 4.69) is 5.16 Å². The Balaban J connectivity index is 1.82. The van der Waals surface area contributed by atoms with Gasteiger partial charge in [-0.15, -0.1) is 0 Å². The lowest BCUT2D eigenvalue weighted by Crippen LogP contribution is -2.35. The molecule has 1 aromatic carbocycles. The molecule has 0 bridgehead atoms. The van der Waals surface area contributed by atoms with Gasteiger partial charge in [0.25, 0.3) is 0 Å². The van der Waals surface area contributed by atoms with Crippen molar-refractivity contribution in [3.63, 3.8) is 0 Å². The summed E-state index contributed by atoms with van der Waals surface area (Å²) in [6, 6.07) is 5.52. The van der Waals surface area contributed by atoms with Gasteiger partial charge in [-0.1, -0.05) is 5.16 Å². The van der Waals surface area contributed by atoms with Gasteiger partial charge in [0, 0.05) is 12.0 Å². The Bertz CT molecular complexity index is 636. The van der Waals surface area contributed by atoms with Crippen LogP contribution in [0, 0.1) is 0 Å². The molecule has 0 spiro atoms. The number of hydrogen-bond acceptors (Lipinski definition) is 5. The van der Waals surface area contributed by atoms with Crippen molar-refractivity contribution in [2.75, 3.05) is 7.11 Å². The zero-order valence-corrected chi connectivity index (χ0v) is 13.4. The van der Waals surface area contributed by atoms with Gasteiger partial charge in [0.15, 0.2) is 11.5 Å². The Kier molecular flexibility index (Phi) is 4.15. The van der Waals surface area contributed by atoms with Crippen LogP contribution in [0.1, 0.15) is 44.6 Å². The van der Waals surface area contributed by atoms with E-state index in [-0.39, 0.29) is 12.5 Å². The van der Waals surface area contributed by atoms with Crippen LogP contribution in [0.15, 0.2) is 23.4 Å². The molecule has 1 aliphatic carbocycles. The lowest BCUT2D eigenvalue weighted by atomic mass is 9.96. The smallest absolute Gasteiger partial charge is 0.351 e. The third kappa shape index (κ3) is 3.11. The number of carbonyl (C=O) groups is 1. The molecule has 3 rings (SSSR count). The summed E-state index contributed by atoms with van der Waals surface area (Å²) in [5.41, 5.74) is 0.0967. The predicted molar refractivity (Wildman–Crippen MR) is 84.2 cm³/mol. The van der Waals surface area contributed by atoms with Crippen LogP contribution in [0.2, 0.25) is 0 Å². The topological polar surface area (TPSA) is 77.4 Å². The molecule has 0 aromatic heterocycles. The number of methoxy groups -OCH3 is 1. The summed E-state index contributed by atoms with van der Waals surface area (Å²) in [7, 11) is 1.61. The first-order chi connectivity index (χ1) is 11.0. The predicted octanol–water partition coefficient (Wildman–Crippen LogP) is 2.98. The Hall–Kier alpha value is -2.24. The van der Waals surface area contributed by atoms with Crippen molar-refractivity contribution in [2.45, 2.75) is 50.7 Å². The fourth-order valence-corrected chi connectivity index (χ4v) is 2.94. The van der Waals surface area contributed by atoms with Gasteiger partial charge >= 0.3 is 5.97 Å². The van der Waals surface area contributed by atoms with Crippen molar-refractivity contribution in [3.8, 4) is 11.5 Å². The van der Waals surface area contributed by atoms with Gasteiger partial charge < -0.3 is 19.4 Å². The second kappa shape index (κ2) is 6.10. The van der Waals surface area contributed by atoms with Gasteiger partial charge in [-0.2, -0.15) is 0 Å². The molecule has 124 valence electrons. The molecule has 1 unspecified atom stereocenters. The number of ether oxygens (including phenoxy) is 2. The van der Waals surface area contributed by atoms with E-state index in [1.165, 1.54) is 19.8 Å². The number of nitrogens with zero attached hydrogens (tertiary/aromatic N) is 1. The zero-order chi connectivity index (χ0) is 16.4.